The first-order valence-electron chi connectivity index (χ1n) is 7.18. The van der Waals surface area contributed by atoms with E-state index in [0.29, 0.717) is 17.0 Å². The molecule has 2 rings (SSSR count). The first kappa shape index (κ1) is 16.5. The summed E-state index contributed by atoms with van der Waals surface area (Å²) < 4.78 is 10.2. The molecule has 2 aromatic carbocycles. The van der Waals surface area contributed by atoms with Crippen molar-refractivity contribution in [3.8, 4) is 5.75 Å². The SMILES string of the molecule is COc1cccc(NC(=O)COC(=O)c2cccc(C)c2C)c1. The molecule has 1 amide bonds. The van der Waals surface area contributed by atoms with Crippen molar-refractivity contribution in [1.82, 2.24) is 0 Å². The van der Waals surface area contributed by atoms with Gasteiger partial charge >= 0.3 is 5.97 Å². The summed E-state index contributed by atoms with van der Waals surface area (Å²) in [7, 11) is 1.55. The fourth-order valence-electron chi connectivity index (χ4n) is 2.08. The molecule has 0 atom stereocenters. The van der Waals surface area contributed by atoms with Gasteiger partial charge < -0.3 is 14.8 Å². The van der Waals surface area contributed by atoms with E-state index in [9.17, 15) is 9.59 Å². The highest BCUT2D eigenvalue weighted by Gasteiger charge is 2.13. The van der Waals surface area contributed by atoms with Crippen LogP contribution >= 0.6 is 0 Å². The van der Waals surface area contributed by atoms with E-state index in [1.54, 1.807) is 43.5 Å². The van der Waals surface area contributed by atoms with Gasteiger partial charge in [-0.1, -0.05) is 18.2 Å². The summed E-state index contributed by atoms with van der Waals surface area (Å²) >= 11 is 0. The van der Waals surface area contributed by atoms with Crippen LogP contribution in [0.25, 0.3) is 0 Å². The maximum Gasteiger partial charge on any atom is 0.338 e. The molecular formula is C18H19NO4. The molecule has 0 aliphatic rings. The number of nitrogens with one attached hydrogen (secondary N) is 1. The fraction of sp³-hybridized carbons (Fsp3) is 0.222. The second-order valence-corrected chi connectivity index (χ2v) is 5.10. The van der Waals surface area contributed by atoms with E-state index in [4.69, 9.17) is 9.47 Å². The molecule has 0 saturated carbocycles. The second-order valence-electron chi connectivity index (χ2n) is 5.10. The first-order valence-corrected chi connectivity index (χ1v) is 7.18. The Balaban J connectivity index is 1.93. The third-order valence-corrected chi connectivity index (χ3v) is 3.51. The highest BCUT2D eigenvalue weighted by molar-refractivity contribution is 5.96. The van der Waals surface area contributed by atoms with Crippen LogP contribution in [0.4, 0.5) is 5.69 Å². The number of esters is 1. The Kier molecular flexibility index (Phi) is 5.36. The number of carbonyl (C=O) groups is 2. The van der Waals surface area contributed by atoms with Crippen LogP contribution in [0.1, 0.15) is 21.5 Å². The summed E-state index contributed by atoms with van der Waals surface area (Å²) in [6.45, 7) is 3.42. The molecule has 2 aromatic rings. The first-order chi connectivity index (χ1) is 11.0. The van der Waals surface area contributed by atoms with Gasteiger partial charge in [-0.05, 0) is 43.2 Å². The van der Waals surface area contributed by atoms with Crippen LogP contribution in [0.15, 0.2) is 42.5 Å². The normalized spacial score (nSPS) is 10.0. The molecule has 5 heteroatoms. The Hall–Kier alpha value is -2.82. The minimum absolute atomic E-state index is 0.344. The van der Waals surface area contributed by atoms with E-state index in [0.717, 1.165) is 11.1 Å². The number of hydrogen-bond donors (Lipinski definition) is 1. The molecular weight excluding hydrogens is 294 g/mol. The number of methoxy groups -OCH3 is 1. The predicted molar refractivity (Wildman–Crippen MR) is 87.8 cm³/mol. The average molecular weight is 313 g/mol. The van der Waals surface area contributed by atoms with Crippen molar-refractivity contribution in [2.45, 2.75) is 13.8 Å². The summed E-state index contributed by atoms with van der Waals surface area (Å²) in [6, 6.07) is 12.3. The Labute approximate surface area is 135 Å². The fourth-order valence-corrected chi connectivity index (χ4v) is 2.08. The zero-order valence-corrected chi connectivity index (χ0v) is 13.4. The van der Waals surface area contributed by atoms with E-state index in [-0.39, 0.29) is 6.61 Å². The van der Waals surface area contributed by atoms with E-state index in [1.807, 2.05) is 19.9 Å². The lowest BCUT2D eigenvalue weighted by atomic mass is 10.0. The number of benzene rings is 2. The Morgan fingerprint density at radius 2 is 1.83 bits per heavy atom. The van der Waals surface area contributed by atoms with Gasteiger partial charge in [0.2, 0.25) is 0 Å². The lowest BCUT2D eigenvalue weighted by Gasteiger charge is -2.10. The summed E-state index contributed by atoms with van der Waals surface area (Å²) in [5.74, 6) is -0.279. The minimum Gasteiger partial charge on any atom is -0.497 e. The highest BCUT2D eigenvalue weighted by atomic mass is 16.5. The predicted octanol–water partition coefficient (Wildman–Crippen LogP) is 3.11. The molecule has 0 unspecified atom stereocenters. The third-order valence-electron chi connectivity index (χ3n) is 3.51. The van der Waals surface area contributed by atoms with E-state index in [2.05, 4.69) is 5.32 Å². The van der Waals surface area contributed by atoms with E-state index < -0.39 is 11.9 Å². The summed E-state index contributed by atoms with van der Waals surface area (Å²) in [5, 5.41) is 2.65. The summed E-state index contributed by atoms with van der Waals surface area (Å²) in [5.41, 5.74) is 2.90. The molecule has 0 radical (unpaired) electrons. The molecule has 120 valence electrons. The number of rotatable bonds is 5. The van der Waals surface area contributed by atoms with Crippen molar-refractivity contribution < 1.29 is 19.1 Å². The Bertz CT molecular complexity index is 725. The largest absolute Gasteiger partial charge is 0.497 e. The summed E-state index contributed by atoms with van der Waals surface area (Å²) in [6.07, 6.45) is 0. The number of ether oxygens (including phenoxy) is 2. The Morgan fingerprint density at radius 1 is 1.09 bits per heavy atom. The van der Waals surface area contributed by atoms with Crippen LogP contribution in [0.5, 0.6) is 5.75 Å². The molecule has 0 fully saturated rings. The number of anilines is 1. The zero-order valence-electron chi connectivity index (χ0n) is 13.4. The maximum atomic E-state index is 12.1. The number of aryl methyl sites for hydroxylation is 1. The van der Waals surface area contributed by atoms with Gasteiger partial charge in [-0.25, -0.2) is 4.79 Å². The second kappa shape index (κ2) is 7.45. The smallest absolute Gasteiger partial charge is 0.338 e. The van der Waals surface area contributed by atoms with Gasteiger partial charge in [0.25, 0.3) is 5.91 Å². The molecule has 1 N–H and O–H groups in total. The molecule has 0 heterocycles. The standard InChI is InChI=1S/C18H19NO4/c1-12-6-4-9-16(13(12)2)18(21)23-11-17(20)19-14-7-5-8-15(10-14)22-3/h4-10H,11H2,1-3H3,(H,19,20). The lowest BCUT2D eigenvalue weighted by Crippen LogP contribution is -2.21. The molecule has 0 saturated heterocycles. The molecule has 0 spiro atoms. The van der Waals surface area contributed by atoms with Crippen molar-refractivity contribution in [2.75, 3.05) is 19.0 Å². The zero-order chi connectivity index (χ0) is 16.8. The van der Waals surface area contributed by atoms with Crippen molar-refractivity contribution in [2.24, 2.45) is 0 Å². The third kappa shape index (κ3) is 4.32. The van der Waals surface area contributed by atoms with Gasteiger partial charge in [0.05, 0.1) is 12.7 Å². The number of hydrogen-bond acceptors (Lipinski definition) is 4. The van der Waals surface area contributed by atoms with Crippen LogP contribution in [-0.4, -0.2) is 25.6 Å². The number of carbonyl (C=O) groups excluding carboxylic acids is 2. The van der Waals surface area contributed by atoms with Gasteiger partial charge in [0, 0.05) is 11.8 Å². The molecule has 23 heavy (non-hydrogen) atoms. The van der Waals surface area contributed by atoms with E-state index in [1.165, 1.54) is 0 Å². The average Bonchev–Trinajstić information content (AvgIpc) is 2.55. The van der Waals surface area contributed by atoms with Crippen LogP contribution in [0.2, 0.25) is 0 Å². The topological polar surface area (TPSA) is 64.6 Å². The molecule has 0 aliphatic heterocycles. The lowest BCUT2D eigenvalue weighted by molar-refractivity contribution is -0.119. The maximum absolute atomic E-state index is 12.1. The van der Waals surface area contributed by atoms with Gasteiger partial charge in [0.15, 0.2) is 6.61 Å². The van der Waals surface area contributed by atoms with Gasteiger partial charge in [-0.2, -0.15) is 0 Å². The monoisotopic (exact) mass is 313 g/mol. The molecule has 0 aromatic heterocycles. The van der Waals surface area contributed by atoms with Crippen LogP contribution in [0.3, 0.4) is 0 Å². The van der Waals surface area contributed by atoms with Crippen molar-refractivity contribution in [3.05, 3.63) is 59.2 Å². The minimum atomic E-state index is -0.507. The van der Waals surface area contributed by atoms with Crippen LogP contribution in [0, 0.1) is 13.8 Å². The van der Waals surface area contributed by atoms with Crippen molar-refractivity contribution >= 4 is 17.6 Å². The molecule has 5 nitrogen and oxygen atoms in total. The van der Waals surface area contributed by atoms with E-state index >= 15 is 0 Å². The van der Waals surface area contributed by atoms with Crippen molar-refractivity contribution in [1.29, 1.82) is 0 Å². The van der Waals surface area contributed by atoms with Crippen molar-refractivity contribution in [3.63, 3.8) is 0 Å². The quantitative estimate of drug-likeness (QED) is 0.861. The Morgan fingerprint density at radius 3 is 2.57 bits per heavy atom. The van der Waals surface area contributed by atoms with Gasteiger partial charge in [0.1, 0.15) is 5.75 Å². The van der Waals surface area contributed by atoms with Gasteiger partial charge in [-0.15, -0.1) is 0 Å². The molecule has 0 aliphatic carbocycles. The summed E-state index contributed by atoms with van der Waals surface area (Å²) in [4.78, 5) is 23.9. The van der Waals surface area contributed by atoms with Gasteiger partial charge in [-0.3, -0.25) is 4.79 Å². The molecule has 0 bridgehead atoms. The number of amides is 1. The van der Waals surface area contributed by atoms with Crippen LogP contribution < -0.4 is 10.1 Å². The van der Waals surface area contributed by atoms with Crippen LogP contribution in [-0.2, 0) is 9.53 Å². The highest BCUT2D eigenvalue weighted by Crippen LogP contribution is 2.17.